The first-order valence-corrected chi connectivity index (χ1v) is 13.7. The quantitative estimate of drug-likeness (QED) is 0.105. The Morgan fingerprint density at radius 1 is 0.884 bits per heavy atom. The Morgan fingerprint density at radius 3 is 2.40 bits per heavy atom. The molecule has 0 radical (unpaired) electrons. The van der Waals surface area contributed by atoms with Crippen LogP contribution in [-0.2, 0) is 6.61 Å². The average molecular weight is 571 g/mol. The van der Waals surface area contributed by atoms with Crippen molar-refractivity contribution in [1.29, 1.82) is 0 Å². The van der Waals surface area contributed by atoms with Crippen molar-refractivity contribution in [2.75, 3.05) is 6.61 Å². The van der Waals surface area contributed by atoms with Gasteiger partial charge in [0.05, 0.1) is 28.6 Å². The summed E-state index contributed by atoms with van der Waals surface area (Å²) >= 11 is 0. The molecule has 0 N–H and O–H groups in total. The van der Waals surface area contributed by atoms with Gasteiger partial charge in [-0.15, -0.1) is 0 Å². The number of aromatic nitrogens is 2. The van der Waals surface area contributed by atoms with E-state index in [1.54, 1.807) is 31.2 Å². The van der Waals surface area contributed by atoms with Crippen molar-refractivity contribution < 1.29 is 14.4 Å². The first-order chi connectivity index (χ1) is 21.0. The first-order valence-electron chi connectivity index (χ1n) is 13.7. The van der Waals surface area contributed by atoms with Crippen molar-refractivity contribution in [3.8, 4) is 22.9 Å². The molecule has 0 aliphatic carbocycles. The molecule has 0 aliphatic rings. The molecular formula is C34H26N4O5. The second-order valence-electron chi connectivity index (χ2n) is 9.66. The molecule has 6 rings (SSSR count). The van der Waals surface area contributed by atoms with Crippen molar-refractivity contribution >= 4 is 33.6 Å². The third-order valence-corrected chi connectivity index (χ3v) is 6.91. The van der Waals surface area contributed by atoms with Crippen LogP contribution < -0.4 is 15.0 Å². The van der Waals surface area contributed by atoms with E-state index in [0.29, 0.717) is 27.9 Å². The normalized spacial score (nSPS) is 11.3. The highest BCUT2D eigenvalue weighted by molar-refractivity contribution is 5.86. The summed E-state index contributed by atoms with van der Waals surface area (Å²) in [7, 11) is 0. The van der Waals surface area contributed by atoms with Gasteiger partial charge in [0.25, 0.3) is 5.56 Å². The minimum Gasteiger partial charge on any atom is -0.490 e. The Morgan fingerprint density at radius 2 is 1.60 bits per heavy atom. The maximum atomic E-state index is 13.5. The summed E-state index contributed by atoms with van der Waals surface area (Å²) in [6.07, 6.45) is 1.38. The lowest BCUT2D eigenvalue weighted by Crippen LogP contribution is -2.20. The van der Waals surface area contributed by atoms with Crippen LogP contribution in [0.25, 0.3) is 33.1 Å². The van der Waals surface area contributed by atoms with Crippen LogP contribution in [0.5, 0.6) is 11.5 Å². The maximum Gasteiger partial charge on any atom is 0.315 e. The monoisotopic (exact) mass is 570 g/mol. The van der Waals surface area contributed by atoms with Gasteiger partial charge in [0.2, 0.25) is 5.75 Å². The molecule has 0 fully saturated rings. The molecule has 212 valence electrons. The molecule has 6 aromatic rings. The number of fused-ring (bicyclic) bond motifs is 2. The summed E-state index contributed by atoms with van der Waals surface area (Å²) in [4.78, 5) is 29.9. The zero-order chi connectivity index (χ0) is 29.8. The lowest BCUT2D eigenvalue weighted by atomic mass is 10.1. The second kappa shape index (κ2) is 12.0. The summed E-state index contributed by atoms with van der Waals surface area (Å²) in [5.74, 6) is 0.562. The molecule has 0 amide bonds. The molecule has 0 saturated heterocycles. The van der Waals surface area contributed by atoms with Crippen molar-refractivity contribution in [2.45, 2.75) is 13.5 Å². The lowest BCUT2D eigenvalue weighted by Gasteiger charge is -2.14. The van der Waals surface area contributed by atoms with Gasteiger partial charge in [-0.1, -0.05) is 84.9 Å². The standard InChI is InChI=1S/C34H26N4O5/c1-2-42-31-20-23(19-30(38(40)41)32(31)43-22-26-15-10-14-24-11-6-7-16-27(24)26)21-35-37-33(25-12-4-3-5-13-25)36-29-18-9-8-17-28(29)34(37)39/h3-21H,2,22H2,1H3. The number of benzene rings is 5. The number of para-hydroxylation sites is 1. The van der Waals surface area contributed by atoms with Gasteiger partial charge in [-0.2, -0.15) is 9.78 Å². The van der Waals surface area contributed by atoms with Gasteiger partial charge in [0.15, 0.2) is 11.6 Å². The fourth-order valence-corrected chi connectivity index (χ4v) is 4.92. The number of hydrogen-bond acceptors (Lipinski definition) is 7. The highest BCUT2D eigenvalue weighted by Gasteiger charge is 2.23. The molecule has 9 nitrogen and oxygen atoms in total. The van der Waals surface area contributed by atoms with Gasteiger partial charge < -0.3 is 9.47 Å². The smallest absolute Gasteiger partial charge is 0.315 e. The Labute approximate surface area is 246 Å². The number of nitro benzene ring substituents is 1. The van der Waals surface area contributed by atoms with Crippen molar-refractivity contribution in [3.63, 3.8) is 0 Å². The van der Waals surface area contributed by atoms with E-state index in [4.69, 9.17) is 14.5 Å². The first kappa shape index (κ1) is 27.3. The van der Waals surface area contributed by atoms with E-state index in [-0.39, 0.29) is 36.0 Å². The summed E-state index contributed by atoms with van der Waals surface area (Å²) in [6.45, 7) is 2.15. The van der Waals surface area contributed by atoms with Crippen LogP contribution in [0.2, 0.25) is 0 Å². The summed E-state index contributed by atoms with van der Waals surface area (Å²) < 4.78 is 13.1. The fraction of sp³-hybridized carbons (Fsp3) is 0.0882. The number of ether oxygens (including phenoxy) is 2. The molecular weight excluding hydrogens is 544 g/mol. The molecule has 0 saturated carbocycles. The van der Waals surface area contributed by atoms with E-state index in [9.17, 15) is 14.9 Å². The Hall–Kier alpha value is -5.83. The topological polar surface area (TPSA) is 109 Å². The maximum absolute atomic E-state index is 13.5. The van der Waals surface area contributed by atoms with E-state index in [1.165, 1.54) is 17.0 Å². The van der Waals surface area contributed by atoms with Crippen LogP contribution in [0.3, 0.4) is 0 Å². The van der Waals surface area contributed by atoms with Crippen LogP contribution >= 0.6 is 0 Å². The highest BCUT2D eigenvalue weighted by Crippen LogP contribution is 2.39. The predicted molar refractivity (Wildman–Crippen MR) is 167 cm³/mol. The third kappa shape index (κ3) is 5.56. The van der Waals surface area contributed by atoms with Crippen LogP contribution in [0.15, 0.2) is 119 Å². The third-order valence-electron chi connectivity index (χ3n) is 6.91. The molecule has 0 atom stereocenters. The molecule has 0 aliphatic heterocycles. The van der Waals surface area contributed by atoms with Crippen LogP contribution in [0.4, 0.5) is 5.69 Å². The lowest BCUT2D eigenvalue weighted by molar-refractivity contribution is -0.386. The highest BCUT2D eigenvalue weighted by atomic mass is 16.6. The van der Waals surface area contributed by atoms with Crippen molar-refractivity contribution in [3.05, 3.63) is 141 Å². The van der Waals surface area contributed by atoms with Gasteiger partial charge >= 0.3 is 5.69 Å². The Kier molecular flexibility index (Phi) is 7.60. The van der Waals surface area contributed by atoms with E-state index in [0.717, 1.165) is 16.3 Å². The summed E-state index contributed by atoms with van der Waals surface area (Å²) in [5, 5.41) is 19.1. The van der Waals surface area contributed by atoms with Gasteiger partial charge in [-0.25, -0.2) is 4.98 Å². The van der Waals surface area contributed by atoms with Gasteiger partial charge in [0.1, 0.15) is 6.61 Å². The van der Waals surface area contributed by atoms with Gasteiger partial charge in [-0.3, -0.25) is 14.9 Å². The average Bonchev–Trinajstić information content (AvgIpc) is 3.04. The SMILES string of the molecule is CCOc1cc(C=Nn2c(-c3ccccc3)nc3ccccc3c2=O)cc([N+](=O)[O-])c1OCc1cccc2ccccc12. The van der Waals surface area contributed by atoms with Crippen molar-refractivity contribution in [1.82, 2.24) is 9.66 Å². The molecule has 9 heteroatoms. The Bertz CT molecular complexity index is 2050. The van der Waals surface area contributed by atoms with Crippen LogP contribution in [-0.4, -0.2) is 27.4 Å². The van der Waals surface area contributed by atoms with E-state index in [1.807, 2.05) is 78.9 Å². The Balaban J connectivity index is 1.41. The predicted octanol–water partition coefficient (Wildman–Crippen LogP) is 6.98. The number of nitrogens with zero attached hydrogens (tertiary/aromatic N) is 4. The molecule has 1 aromatic heterocycles. The minimum atomic E-state index is -0.516. The van der Waals surface area contributed by atoms with Gasteiger partial charge in [-0.05, 0) is 41.5 Å². The molecule has 0 spiro atoms. The number of nitro groups is 1. The van der Waals surface area contributed by atoms with E-state index >= 15 is 0 Å². The summed E-state index contributed by atoms with van der Waals surface area (Å²) in [6, 6.07) is 33.0. The fourth-order valence-electron chi connectivity index (χ4n) is 4.92. The number of hydrogen-bond donors (Lipinski definition) is 0. The van der Waals surface area contributed by atoms with Crippen molar-refractivity contribution in [2.24, 2.45) is 5.10 Å². The van der Waals surface area contributed by atoms with Gasteiger partial charge in [0, 0.05) is 17.2 Å². The molecule has 1 heterocycles. The zero-order valence-corrected chi connectivity index (χ0v) is 23.2. The van der Waals surface area contributed by atoms with Crippen LogP contribution in [0.1, 0.15) is 18.1 Å². The van der Waals surface area contributed by atoms with E-state index < -0.39 is 4.92 Å². The largest absolute Gasteiger partial charge is 0.490 e. The molecule has 43 heavy (non-hydrogen) atoms. The number of rotatable bonds is 9. The zero-order valence-electron chi connectivity index (χ0n) is 23.2. The summed E-state index contributed by atoms with van der Waals surface area (Å²) in [5.41, 5.74) is 1.83. The molecule has 0 unspecified atom stereocenters. The van der Waals surface area contributed by atoms with E-state index in [2.05, 4.69) is 5.10 Å². The molecule has 0 bridgehead atoms. The molecule has 5 aromatic carbocycles. The second-order valence-corrected chi connectivity index (χ2v) is 9.66. The minimum absolute atomic E-state index is 0.0199. The van der Waals surface area contributed by atoms with Crippen LogP contribution in [0, 0.1) is 10.1 Å².